The summed E-state index contributed by atoms with van der Waals surface area (Å²) in [6, 6.07) is 11.6. The highest BCUT2D eigenvalue weighted by Gasteiger charge is 2.31. The molecule has 2 rings (SSSR count). The van der Waals surface area contributed by atoms with Gasteiger partial charge in [0.1, 0.15) is 12.6 Å². The van der Waals surface area contributed by atoms with Crippen molar-refractivity contribution in [3.8, 4) is 0 Å². The zero-order valence-electron chi connectivity index (χ0n) is 20.8. The first-order chi connectivity index (χ1) is 15.6. The topological polar surface area (TPSA) is 86.8 Å². The molecule has 0 fully saturated rings. The summed E-state index contributed by atoms with van der Waals surface area (Å²) in [5.74, 6) is -0.823. The number of anilines is 1. The van der Waals surface area contributed by atoms with Crippen LogP contribution in [0.3, 0.4) is 0 Å². The largest absolute Gasteiger partial charge is 0.350 e. The molecular weight excluding hydrogens is 474 g/mol. The quantitative estimate of drug-likeness (QED) is 0.583. The van der Waals surface area contributed by atoms with E-state index >= 15 is 0 Å². The second-order valence-electron chi connectivity index (χ2n) is 9.63. The van der Waals surface area contributed by atoms with Crippen LogP contribution in [0.5, 0.6) is 0 Å². The molecule has 0 saturated heterocycles. The van der Waals surface area contributed by atoms with Crippen LogP contribution < -0.4 is 9.62 Å². The summed E-state index contributed by atoms with van der Waals surface area (Å²) in [4.78, 5) is 27.8. The van der Waals surface area contributed by atoms with Crippen LogP contribution in [0, 0.1) is 13.8 Å². The number of carbonyl (C=O) groups is 2. The lowest BCUT2D eigenvalue weighted by atomic mass is 10.1. The molecule has 1 N–H and O–H groups in total. The summed E-state index contributed by atoms with van der Waals surface area (Å²) in [6.07, 6.45) is 1.04. The van der Waals surface area contributed by atoms with Crippen molar-refractivity contribution >= 4 is 39.1 Å². The number of nitrogens with one attached hydrogen (secondary N) is 1. The Morgan fingerprint density at radius 2 is 1.65 bits per heavy atom. The Hall–Kier alpha value is -2.58. The van der Waals surface area contributed by atoms with Gasteiger partial charge in [0.2, 0.25) is 21.8 Å². The third kappa shape index (κ3) is 7.74. The maximum absolute atomic E-state index is 13.5. The predicted molar refractivity (Wildman–Crippen MR) is 137 cm³/mol. The van der Waals surface area contributed by atoms with Gasteiger partial charge in [-0.2, -0.15) is 0 Å². The molecule has 0 aliphatic heterocycles. The van der Waals surface area contributed by atoms with Crippen LogP contribution in [0.2, 0.25) is 5.02 Å². The Morgan fingerprint density at radius 3 is 2.15 bits per heavy atom. The molecule has 0 bridgehead atoms. The zero-order valence-corrected chi connectivity index (χ0v) is 22.4. The van der Waals surface area contributed by atoms with E-state index in [9.17, 15) is 18.0 Å². The number of carbonyl (C=O) groups excluding carboxylic acids is 2. The van der Waals surface area contributed by atoms with Gasteiger partial charge >= 0.3 is 0 Å². The highest BCUT2D eigenvalue weighted by atomic mass is 35.5. The monoisotopic (exact) mass is 507 g/mol. The van der Waals surface area contributed by atoms with Crippen LogP contribution in [-0.2, 0) is 26.2 Å². The Labute approximate surface area is 208 Å². The molecule has 0 aliphatic carbocycles. The Balaban J connectivity index is 2.41. The summed E-state index contributed by atoms with van der Waals surface area (Å²) >= 11 is 6.21. The molecule has 2 aromatic carbocycles. The normalized spacial score (nSPS) is 12.7. The second-order valence-corrected chi connectivity index (χ2v) is 11.9. The molecular formula is C25H34ClN3O4S. The lowest BCUT2D eigenvalue weighted by Crippen LogP contribution is -2.54. The molecule has 0 aliphatic rings. The molecule has 0 spiro atoms. The van der Waals surface area contributed by atoms with Crippen molar-refractivity contribution < 1.29 is 18.0 Å². The smallest absolute Gasteiger partial charge is 0.244 e. The van der Waals surface area contributed by atoms with Crippen LogP contribution in [-0.4, -0.2) is 49.5 Å². The number of nitrogens with zero attached hydrogens (tertiary/aromatic N) is 2. The maximum Gasteiger partial charge on any atom is 0.244 e. The van der Waals surface area contributed by atoms with E-state index in [2.05, 4.69) is 5.32 Å². The van der Waals surface area contributed by atoms with Gasteiger partial charge in [-0.05, 0) is 64.8 Å². The number of sulfonamides is 1. The molecule has 9 heteroatoms. The summed E-state index contributed by atoms with van der Waals surface area (Å²) in [5.41, 5.74) is 2.49. The summed E-state index contributed by atoms with van der Waals surface area (Å²) in [7, 11) is -3.80. The van der Waals surface area contributed by atoms with Gasteiger partial charge in [0.15, 0.2) is 0 Å². The van der Waals surface area contributed by atoms with Crippen molar-refractivity contribution in [2.24, 2.45) is 0 Å². The molecule has 34 heavy (non-hydrogen) atoms. The van der Waals surface area contributed by atoms with E-state index in [1.165, 1.54) is 11.0 Å². The highest BCUT2D eigenvalue weighted by Crippen LogP contribution is 2.25. The van der Waals surface area contributed by atoms with Crippen LogP contribution in [0.1, 0.15) is 44.4 Å². The highest BCUT2D eigenvalue weighted by molar-refractivity contribution is 7.92. The Morgan fingerprint density at radius 1 is 1.06 bits per heavy atom. The fourth-order valence-corrected chi connectivity index (χ4v) is 4.31. The number of rotatable bonds is 8. The number of hydrogen-bond donors (Lipinski definition) is 1. The molecule has 2 amide bonds. The number of halogens is 1. The van der Waals surface area contributed by atoms with E-state index in [1.807, 2.05) is 52.0 Å². The molecule has 0 aromatic heterocycles. The maximum atomic E-state index is 13.5. The van der Waals surface area contributed by atoms with Gasteiger partial charge in [-0.25, -0.2) is 8.42 Å². The first-order valence-corrected chi connectivity index (χ1v) is 13.2. The van der Waals surface area contributed by atoms with Crippen LogP contribution in [0.15, 0.2) is 42.5 Å². The van der Waals surface area contributed by atoms with E-state index in [4.69, 9.17) is 11.6 Å². The van der Waals surface area contributed by atoms with Gasteiger partial charge < -0.3 is 10.2 Å². The van der Waals surface area contributed by atoms with Crippen LogP contribution in [0.4, 0.5) is 5.69 Å². The summed E-state index contributed by atoms with van der Waals surface area (Å²) < 4.78 is 26.2. The Kier molecular flexibility index (Phi) is 8.77. The fraction of sp³-hybridized carbons (Fsp3) is 0.440. The number of hydrogen-bond acceptors (Lipinski definition) is 4. The predicted octanol–water partition coefficient (Wildman–Crippen LogP) is 4.05. The molecule has 0 heterocycles. The van der Waals surface area contributed by atoms with Crippen LogP contribution in [0.25, 0.3) is 0 Å². The van der Waals surface area contributed by atoms with E-state index in [-0.39, 0.29) is 18.1 Å². The number of benzene rings is 2. The van der Waals surface area contributed by atoms with Crippen molar-refractivity contribution in [2.75, 3.05) is 17.1 Å². The van der Waals surface area contributed by atoms with Crippen molar-refractivity contribution in [3.63, 3.8) is 0 Å². The molecule has 1 atom stereocenters. The minimum absolute atomic E-state index is 0.157. The first-order valence-electron chi connectivity index (χ1n) is 11.0. The second kappa shape index (κ2) is 10.8. The minimum atomic E-state index is -3.80. The van der Waals surface area contributed by atoms with E-state index in [0.717, 1.165) is 27.3 Å². The third-order valence-corrected chi connectivity index (χ3v) is 6.81. The van der Waals surface area contributed by atoms with Crippen molar-refractivity contribution in [2.45, 2.75) is 59.7 Å². The first kappa shape index (κ1) is 27.7. The summed E-state index contributed by atoms with van der Waals surface area (Å²) in [6.45, 7) is 10.7. The fourth-order valence-electron chi connectivity index (χ4n) is 3.30. The molecule has 0 unspecified atom stereocenters. The molecule has 7 nitrogen and oxygen atoms in total. The third-order valence-electron chi connectivity index (χ3n) is 5.26. The molecule has 0 saturated carbocycles. The lowest BCUT2D eigenvalue weighted by molar-refractivity contribution is -0.140. The summed E-state index contributed by atoms with van der Waals surface area (Å²) in [5, 5.41) is 3.29. The van der Waals surface area contributed by atoms with Gasteiger partial charge in [-0.1, -0.05) is 47.5 Å². The molecule has 0 radical (unpaired) electrons. The van der Waals surface area contributed by atoms with Gasteiger partial charge in [-0.3, -0.25) is 13.9 Å². The van der Waals surface area contributed by atoms with Gasteiger partial charge in [0.25, 0.3) is 0 Å². The molecule has 186 valence electrons. The van der Waals surface area contributed by atoms with Gasteiger partial charge in [0.05, 0.1) is 11.9 Å². The minimum Gasteiger partial charge on any atom is -0.350 e. The van der Waals surface area contributed by atoms with Crippen molar-refractivity contribution in [3.05, 3.63) is 64.2 Å². The Bertz CT molecular complexity index is 1140. The van der Waals surface area contributed by atoms with Gasteiger partial charge in [0, 0.05) is 17.1 Å². The zero-order chi connectivity index (χ0) is 25.8. The van der Waals surface area contributed by atoms with E-state index in [0.29, 0.717) is 5.02 Å². The average molecular weight is 508 g/mol. The van der Waals surface area contributed by atoms with Crippen LogP contribution >= 0.6 is 11.6 Å². The van der Waals surface area contributed by atoms with Crippen molar-refractivity contribution in [1.82, 2.24) is 10.2 Å². The number of amides is 2. The lowest BCUT2D eigenvalue weighted by Gasteiger charge is -2.33. The number of aryl methyl sites for hydroxylation is 2. The van der Waals surface area contributed by atoms with Crippen molar-refractivity contribution in [1.29, 1.82) is 0 Å². The standard InChI is InChI=1S/C25H34ClN3O4S/c1-17-8-11-20(12-9-17)15-28(19(3)24(31)27-25(4,5)6)23(30)16-29(34(7,32)33)21-13-10-18(2)22(26)14-21/h8-14,19H,15-16H2,1-7H3,(H,27,31)/t19-/m1/s1. The average Bonchev–Trinajstić information content (AvgIpc) is 2.71. The van der Waals surface area contributed by atoms with E-state index in [1.54, 1.807) is 26.0 Å². The van der Waals surface area contributed by atoms with E-state index < -0.39 is 34.1 Å². The van der Waals surface area contributed by atoms with Gasteiger partial charge in [-0.15, -0.1) is 0 Å². The SMILES string of the molecule is Cc1ccc(CN(C(=O)CN(c2ccc(C)c(Cl)c2)S(C)(=O)=O)[C@H](C)C(=O)NC(C)(C)C)cc1. The molecule has 2 aromatic rings.